The molecule has 0 aliphatic carbocycles. The van der Waals surface area contributed by atoms with Gasteiger partial charge in [-0.3, -0.25) is 9.59 Å². The van der Waals surface area contributed by atoms with E-state index in [1.54, 1.807) is 58.0 Å². The summed E-state index contributed by atoms with van der Waals surface area (Å²) in [5.41, 5.74) is 0.598. The topological polar surface area (TPSA) is 99.3 Å². The lowest BCUT2D eigenvalue weighted by atomic mass is 9.95. The lowest BCUT2D eigenvalue weighted by Crippen LogP contribution is -2.46. The van der Waals surface area contributed by atoms with Crippen LogP contribution in [-0.2, 0) is 9.59 Å². The highest BCUT2D eigenvalue weighted by Gasteiger charge is 2.25. The summed E-state index contributed by atoms with van der Waals surface area (Å²) in [4.78, 5) is 35.6. The van der Waals surface area contributed by atoms with Crippen molar-refractivity contribution < 1.29 is 14.4 Å². The van der Waals surface area contributed by atoms with Crippen molar-refractivity contribution in [2.45, 2.75) is 33.7 Å². The number of amides is 4. The highest BCUT2D eigenvalue weighted by molar-refractivity contribution is 5.97. The fourth-order valence-electron chi connectivity index (χ4n) is 1.71. The Morgan fingerprint density at radius 1 is 1.08 bits per heavy atom. The number of carbonyl (C=O) groups is 3. The van der Waals surface area contributed by atoms with Crippen molar-refractivity contribution in [2.75, 3.05) is 17.2 Å². The molecule has 7 heteroatoms. The molecule has 0 saturated carbocycles. The van der Waals surface area contributed by atoms with Crippen LogP contribution in [0.3, 0.4) is 0 Å². The molecule has 136 valence electrons. The van der Waals surface area contributed by atoms with E-state index in [0.29, 0.717) is 17.9 Å². The Balaban J connectivity index is 2.56. The molecule has 25 heavy (non-hydrogen) atoms. The zero-order chi connectivity index (χ0) is 19.0. The van der Waals surface area contributed by atoms with E-state index in [0.717, 1.165) is 0 Å². The molecular weight excluding hydrogens is 320 g/mol. The lowest BCUT2D eigenvalue weighted by Gasteiger charge is -2.21. The number of benzene rings is 1. The predicted molar refractivity (Wildman–Crippen MR) is 99.3 cm³/mol. The first-order valence-corrected chi connectivity index (χ1v) is 8.01. The summed E-state index contributed by atoms with van der Waals surface area (Å²) in [7, 11) is 0. The van der Waals surface area contributed by atoms with E-state index >= 15 is 0 Å². The SMILES string of the molecule is C=CCNC(=O)Nc1ccc(NC(=O)C(C)NC(=O)C(C)(C)C)cc1. The number of nitrogens with one attached hydrogen (secondary N) is 4. The zero-order valence-electron chi connectivity index (χ0n) is 15.1. The number of carbonyl (C=O) groups excluding carboxylic acids is 3. The molecule has 0 radical (unpaired) electrons. The van der Waals surface area contributed by atoms with Gasteiger partial charge in [-0.05, 0) is 31.2 Å². The van der Waals surface area contributed by atoms with Gasteiger partial charge in [0.25, 0.3) is 0 Å². The van der Waals surface area contributed by atoms with Crippen LogP contribution in [0.25, 0.3) is 0 Å². The number of hydrogen-bond donors (Lipinski definition) is 4. The summed E-state index contributed by atoms with van der Waals surface area (Å²) in [6, 6.07) is 5.67. The van der Waals surface area contributed by atoms with Gasteiger partial charge in [0.05, 0.1) is 0 Å². The summed E-state index contributed by atoms with van der Waals surface area (Å²) < 4.78 is 0. The van der Waals surface area contributed by atoms with Gasteiger partial charge in [-0.15, -0.1) is 6.58 Å². The summed E-state index contributed by atoms with van der Waals surface area (Å²) >= 11 is 0. The third-order valence-corrected chi connectivity index (χ3v) is 3.24. The van der Waals surface area contributed by atoms with E-state index in [2.05, 4.69) is 27.8 Å². The summed E-state index contributed by atoms with van der Waals surface area (Å²) in [5, 5.41) is 10.6. The summed E-state index contributed by atoms with van der Waals surface area (Å²) in [5.74, 6) is -0.512. The summed E-state index contributed by atoms with van der Waals surface area (Å²) in [6.07, 6.45) is 1.58. The Hall–Kier alpha value is -2.83. The molecule has 0 bridgehead atoms. The lowest BCUT2D eigenvalue weighted by molar-refractivity contribution is -0.131. The van der Waals surface area contributed by atoms with Crippen molar-refractivity contribution in [1.29, 1.82) is 0 Å². The minimum absolute atomic E-state index is 0.194. The minimum atomic E-state index is -0.658. The molecule has 0 fully saturated rings. The fourth-order valence-corrected chi connectivity index (χ4v) is 1.71. The van der Waals surface area contributed by atoms with E-state index in [4.69, 9.17) is 0 Å². The molecule has 0 aliphatic heterocycles. The molecule has 1 atom stereocenters. The zero-order valence-corrected chi connectivity index (χ0v) is 15.1. The van der Waals surface area contributed by atoms with Crippen LogP contribution < -0.4 is 21.3 Å². The van der Waals surface area contributed by atoms with E-state index in [9.17, 15) is 14.4 Å². The van der Waals surface area contributed by atoms with Gasteiger partial charge in [-0.25, -0.2) is 4.79 Å². The first-order valence-electron chi connectivity index (χ1n) is 8.01. The maximum absolute atomic E-state index is 12.1. The maximum Gasteiger partial charge on any atom is 0.319 e. The average Bonchev–Trinajstić information content (AvgIpc) is 2.53. The van der Waals surface area contributed by atoms with Gasteiger partial charge in [0.2, 0.25) is 11.8 Å². The van der Waals surface area contributed by atoms with Crippen LogP contribution >= 0.6 is 0 Å². The van der Waals surface area contributed by atoms with Gasteiger partial charge >= 0.3 is 6.03 Å². The van der Waals surface area contributed by atoms with Crippen LogP contribution in [-0.4, -0.2) is 30.4 Å². The van der Waals surface area contributed by atoms with Crippen LogP contribution in [0.4, 0.5) is 16.2 Å². The number of hydrogen-bond acceptors (Lipinski definition) is 3. The molecule has 1 rings (SSSR count). The standard InChI is InChI=1S/C18H26N4O3/c1-6-11-19-17(25)22-14-9-7-13(8-10-14)21-15(23)12(2)20-16(24)18(3,4)5/h6-10,12H,1,11H2,2-5H3,(H,20,24)(H,21,23)(H2,19,22,25). The molecule has 1 aromatic carbocycles. The molecule has 7 nitrogen and oxygen atoms in total. The second-order valence-corrected chi connectivity index (χ2v) is 6.64. The van der Waals surface area contributed by atoms with E-state index in [1.165, 1.54) is 0 Å². The molecule has 0 saturated heterocycles. The summed E-state index contributed by atoms with van der Waals surface area (Å²) in [6.45, 7) is 10.9. The van der Waals surface area contributed by atoms with Gasteiger partial charge in [0, 0.05) is 23.3 Å². The van der Waals surface area contributed by atoms with Crippen LogP contribution in [0.1, 0.15) is 27.7 Å². The number of anilines is 2. The quantitative estimate of drug-likeness (QED) is 0.596. The first-order chi connectivity index (χ1) is 11.6. The highest BCUT2D eigenvalue weighted by atomic mass is 16.2. The van der Waals surface area contributed by atoms with Gasteiger partial charge in [0.15, 0.2) is 0 Å². The van der Waals surface area contributed by atoms with Crippen molar-refractivity contribution in [3.8, 4) is 0 Å². The van der Waals surface area contributed by atoms with Crippen molar-refractivity contribution >= 4 is 29.2 Å². The smallest absolute Gasteiger partial charge is 0.319 e. The molecule has 0 heterocycles. The Bertz CT molecular complexity index is 633. The van der Waals surface area contributed by atoms with Crippen LogP contribution in [0.15, 0.2) is 36.9 Å². The van der Waals surface area contributed by atoms with Crippen LogP contribution in [0.2, 0.25) is 0 Å². The first kappa shape index (κ1) is 20.2. The molecule has 4 N–H and O–H groups in total. The maximum atomic E-state index is 12.1. The molecule has 1 aromatic rings. The molecule has 0 spiro atoms. The third kappa shape index (κ3) is 7.07. The third-order valence-electron chi connectivity index (χ3n) is 3.24. The van der Waals surface area contributed by atoms with E-state index in [-0.39, 0.29) is 17.8 Å². The van der Waals surface area contributed by atoms with Crippen molar-refractivity contribution in [2.24, 2.45) is 5.41 Å². The Labute approximate surface area is 148 Å². The van der Waals surface area contributed by atoms with E-state index in [1.807, 2.05) is 0 Å². The predicted octanol–water partition coefficient (Wildman–Crippen LogP) is 2.48. The van der Waals surface area contributed by atoms with Gasteiger partial charge < -0.3 is 21.3 Å². The van der Waals surface area contributed by atoms with Crippen molar-refractivity contribution in [3.63, 3.8) is 0 Å². The number of urea groups is 1. The average molecular weight is 346 g/mol. The van der Waals surface area contributed by atoms with Crippen molar-refractivity contribution in [1.82, 2.24) is 10.6 Å². The molecule has 0 aliphatic rings. The largest absolute Gasteiger partial charge is 0.344 e. The van der Waals surface area contributed by atoms with Crippen LogP contribution in [0.5, 0.6) is 0 Å². The van der Waals surface area contributed by atoms with Gasteiger partial charge in [0.1, 0.15) is 6.04 Å². The normalized spacial score (nSPS) is 11.8. The van der Waals surface area contributed by atoms with Crippen molar-refractivity contribution in [3.05, 3.63) is 36.9 Å². The highest BCUT2D eigenvalue weighted by Crippen LogP contribution is 2.15. The fraction of sp³-hybridized carbons (Fsp3) is 0.389. The monoisotopic (exact) mass is 346 g/mol. The molecule has 0 aromatic heterocycles. The van der Waals surface area contributed by atoms with Gasteiger partial charge in [-0.1, -0.05) is 26.8 Å². The Morgan fingerprint density at radius 2 is 1.60 bits per heavy atom. The second-order valence-electron chi connectivity index (χ2n) is 6.64. The van der Waals surface area contributed by atoms with E-state index < -0.39 is 11.5 Å². The molecule has 4 amide bonds. The molecule has 1 unspecified atom stereocenters. The van der Waals surface area contributed by atoms with Gasteiger partial charge in [-0.2, -0.15) is 0 Å². The van der Waals surface area contributed by atoms with Crippen LogP contribution in [0, 0.1) is 5.41 Å². The Morgan fingerprint density at radius 3 is 2.08 bits per heavy atom. The number of rotatable bonds is 6. The Kier molecular flexibility index (Phi) is 7.17. The minimum Gasteiger partial charge on any atom is -0.344 e. The second kappa shape index (κ2) is 8.86. The molecular formula is C18H26N4O3.